The number of rotatable bonds is 3. The number of piperazine rings is 1. The van der Waals surface area contributed by atoms with Gasteiger partial charge in [-0.1, -0.05) is 0 Å². The van der Waals surface area contributed by atoms with E-state index in [0.717, 1.165) is 25.9 Å². The highest BCUT2D eigenvalue weighted by Crippen LogP contribution is 2.34. The summed E-state index contributed by atoms with van der Waals surface area (Å²) in [6.07, 6.45) is 3.12. The normalized spacial score (nSPS) is 22.2. The highest BCUT2D eigenvalue weighted by molar-refractivity contribution is 7.89. The minimum absolute atomic E-state index is 0.0737. The van der Waals surface area contributed by atoms with Crippen molar-refractivity contribution in [1.29, 1.82) is 0 Å². The van der Waals surface area contributed by atoms with E-state index in [1.165, 1.54) is 10.4 Å². The fourth-order valence-corrected chi connectivity index (χ4v) is 6.65. The van der Waals surface area contributed by atoms with E-state index in [1.807, 2.05) is 14.7 Å². The Morgan fingerprint density at radius 3 is 2.03 bits per heavy atom. The molecule has 0 unspecified atom stereocenters. The summed E-state index contributed by atoms with van der Waals surface area (Å²) in [5.74, 6) is 0.883. The molecule has 4 aliphatic heterocycles. The van der Waals surface area contributed by atoms with Gasteiger partial charge in [0.2, 0.25) is 15.9 Å². The van der Waals surface area contributed by atoms with Gasteiger partial charge in [-0.05, 0) is 37.8 Å². The quantitative estimate of drug-likeness (QED) is 0.629. The monoisotopic (exact) mass is 492 g/mol. The molecule has 0 radical (unpaired) electrons. The largest absolute Gasteiger partial charge is 0.486 e. The number of urea groups is 1. The maximum absolute atomic E-state index is 13.2. The zero-order chi connectivity index (χ0) is 23.7. The number of ether oxygens (including phenoxy) is 2. The van der Waals surface area contributed by atoms with Crippen molar-refractivity contribution in [2.24, 2.45) is 5.92 Å². The van der Waals surface area contributed by atoms with Crippen LogP contribution in [0, 0.1) is 5.92 Å². The zero-order valence-corrected chi connectivity index (χ0v) is 20.2. The van der Waals surface area contributed by atoms with Gasteiger partial charge in [0.15, 0.2) is 11.5 Å². The SMILES string of the molecule is O=C(C1CCN(S(=O)(=O)c2ccc3c(c2)OCCO3)CC1)N1CCN(C(=O)N2CCCC2)CC1. The van der Waals surface area contributed by atoms with E-state index in [-0.39, 0.29) is 22.8 Å². The Kier molecular flexibility index (Phi) is 6.57. The average Bonchev–Trinajstić information content (AvgIpc) is 3.43. The van der Waals surface area contributed by atoms with Gasteiger partial charge in [0.05, 0.1) is 4.90 Å². The molecule has 186 valence electrons. The van der Waals surface area contributed by atoms with Crippen LogP contribution in [0.5, 0.6) is 11.5 Å². The van der Waals surface area contributed by atoms with E-state index in [9.17, 15) is 18.0 Å². The highest BCUT2D eigenvalue weighted by Gasteiger charge is 2.36. The molecular weight excluding hydrogens is 460 g/mol. The van der Waals surface area contributed by atoms with Crippen LogP contribution in [0.15, 0.2) is 23.1 Å². The van der Waals surface area contributed by atoms with Gasteiger partial charge in [0.1, 0.15) is 13.2 Å². The number of hydrogen-bond donors (Lipinski definition) is 0. The third-order valence-electron chi connectivity index (χ3n) is 7.19. The third kappa shape index (κ3) is 4.55. The summed E-state index contributed by atoms with van der Waals surface area (Å²) in [6, 6.07) is 4.78. The number of hydrogen-bond acceptors (Lipinski definition) is 6. The highest BCUT2D eigenvalue weighted by atomic mass is 32.2. The summed E-state index contributed by atoms with van der Waals surface area (Å²) in [5.41, 5.74) is 0. The van der Waals surface area contributed by atoms with Gasteiger partial charge < -0.3 is 24.2 Å². The molecule has 0 aliphatic carbocycles. The summed E-state index contributed by atoms with van der Waals surface area (Å²) < 4.78 is 38.8. The Morgan fingerprint density at radius 2 is 1.35 bits per heavy atom. The van der Waals surface area contributed by atoms with Gasteiger partial charge in [0, 0.05) is 64.3 Å². The lowest BCUT2D eigenvalue weighted by Gasteiger charge is -2.39. The van der Waals surface area contributed by atoms with Crippen LogP contribution in [0.4, 0.5) is 4.79 Å². The molecule has 0 spiro atoms. The number of likely N-dealkylation sites (tertiary alicyclic amines) is 1. The Labute approximate surface area is 200 Å². The molecule has 3 saturated heterocycles. The Balaban J connectivity index is 1.14. The van der Waals surface area contributed by atoms with Gasteiger partial charge >= 0.3 is 6.03 Å². The van der Waals surface area contributed by atoms with Crippen molar-refractivity contribution >= 4 is 22.0 Å². The van der Waals surface area contributed by atoms with Gasteiger partial charge in [-0.25, -0.2) is 13.2 Å². The average molecular weight is 493 g/mol. The molecule has 5 rings (SSSR count). The molecule has 0 bridgehead atoms. The third-order valence-corrected chi connectivity index (χ3v) is 9.09. The molecule has 34 heavy (non-hydrogen) atoms. The molecule has 4 heterocycles. The second kappa shape index (κ2) is 9.61. The van der Waals surface area contributed by atoms with Crippen LogP contribution in [-0.2, 0) is 14.8 Å². The molecule has 10 nitrogen and oxygen atoms in total. The molecule has 0 aromatic heterocycles. The summed E-state index contributed by atoms with van der Waals surface area (Å²) >= 11 is 0. The molecule has 11 heteroatoms. The Hall–Kier alpha value is -2.53. The van der Waals surface area contributed by atoms with Crippen molar-refractivity contribution in [3.63, 3.8) is 0 Å². The molecule has 0 atom stereocenters. The van der Waals surface area contributed by atoms with Crippen LogP contribution in [0.1, 0.15) is 25.7 Å². The number of benzene rings is 1. The fraction of sp³-hybridized carbons (Fsp3) is 0.652. The standard InChI is InChI=1S/C23H32N4O6S/c28-22(24-11-13-26(14-12-24)23(29)25-7-1-2-8-25)18-5-9-27(10-6-18)34(30,31)19-3-4-20-21(17-19)33-16-15-32-20/h3-4,17-18H,1-2,5-16H2. The van der Waals surface area contributed by atoms with Crippen LogP contribution in [0.2, 0.25) is 0 Å². The first-order valence-electron chi connectivity index (χ1n) is 12.2. The van der Waals surface area contributed by atoms with Crippen molar-refractivity contribution in [2.75, 3.05) is 65.6 Å². The van der Waals surface area contributed by atoms with Gasteiger partial charge in [-0.2, -0.15) is 4.31 Å². The predicted molar refractivity (Wildman–Crippen MR) is 123 cm³/mol. The second-order valence-corrected chi connectivity index (χ2v) is 11.2. The van der Waals surface area contributed by atoms with E-state index in [0.29, 0.717) is 76.8 Å². The van der Waals surface area contributed by atoms with E-state index in [2.05, 4.69) is 0 Å². The van der Waals surface area contributed by atoms with E-state index in [1.54, 1.807) is 12.1 Å². The number of amides is 3. The first-order chi connectivity index (χ1) is 16.4. The molecule has 1 aromatic rings. The molecule has 4 aliphatic rings. The molecular formula is C23H32N4O6S. The summed E-state index contributed by atoms with van der Waals surface area (Å²) in [5, 5.41) is 0. The van der Waals surface area contributed by atoms with Crippen molar-refractivity contribution in [3.05, 3.63) is 18.2 Å². The molecule has 0 N–H and O–H groups in total. The van der Waals surface area contributed by atoms with Crippen molar-refractivity contribution in [3.8, 4) is 11.5 Å². The minimum atomic E-state index is -3.67. The maximum atomic E-state index is 13.2. The second-order valence-electron chi connectivity index (χ2n) is 9.27. The van der Waals surface area contributed by atoms with Crippen LogP contribution in [-0.4, -0.2) is 105 Å². The van der Waals surface area contributed by atoms with Crippen LogP contribution < -0.4 is 9.47 Å². The smallest absolute Gasteiger partial charge is 0.320 e. The van der Waals surface area contributed by atoms with Crippen LogP contribution in [0.25, 0.3) is 0 Å². The van der Waals surface area contributed by atoms with Crippen molar-refractivity contribution < 1.29 is 27.5 Å². The Morgan fingerprint density at radius 1 is 0.765 bits per heavy atom. The lowest BCUT2D eigenvalue weighted by atomic mass is 9.96. The topological polar surface area (TPSA) is 99.7 Å². The minimum Gasteiger partial charge on any atom is -0.486 e. The number of fused-ring (bicyclic) bond motifs is 1. The van der Waals surface area contributed by atoms with Gasteiger partial charge in [0.25, 0.3) is 0 Å². The molecule has 0 saturated carbocycles. The number of carbonyl (C=O) groups is 2. The molecule has 3 amide bonds. The fourth-order valence-electron chi connectivity index (χ4n) is 5.16. The number of sulfonamides is 1. The van der Waals surface area contributed by atoms with E-state index in [4.69, 9.17) is 9.47 Å². The summed E-state index contributed by atoms with van der Waals surface area (Å²) in [7, 11) is -3.67. The van der Waals surface area contributed by atoms with Gasteiger partial charge in [-0.3, -0.25) is 4.79 Å². The number of piperidine rings is 1. The lowest BCUT2D eigenvalue weighted by Crippen LogP contribution is -2.55. The summed E-state index contributed by atoms with van der Waals surface area (Å²) in [4.78, 5) is 31.4. The maximum Gasteiger partial charge on any atom is 0.320 e. The van der Waals surface area contributed by atoms with Crippen molar-refractivity contribution in [1.82, 2.24) is 19.0 Å². The van der Waals surface area contributed by atoms with E-state index < -0.39 is 10.0 Å². The lowest BCUT2D eigenvalue weighted by molar-refractivity contribution is -0.138. The molecule has 1 aromatic carbocycles. The molecule has 3 fully saturated rings. The van der Waals surface area contributed by atoms with E-state index >= 15 is 0 Å². The number of carbonyl (C=O) groups excluding carboxylic acids is 2. The van der Waals surface area contributed by atoms with Gasteiger partial charge in [-0.15, -0.1) is 0 Å². The zero-order valence-electron chi connectivity index (χ0n) is 19.4. The van der Waals surface area contributed by atoms with Crippen LogP contribution >= 0.6 is 0 Å². The first kappa shape index (κ1) is 23.2. The van der Waals surface area contributed by atoms with Crippen LogP contribution in [0.3, 0.4) is 0 Å². The first-order valence-corrected chi connectivity index (χ1v) is 13.6. The Bertz CT molecular complexity index is 1030. The summed E-state index contributed by atoms with van der Waals surface area (Å²) in [6.45, 7) is 5.28. The predicted octanol–water partition coefficient (Wildman–Crippen LogP) is 1.22. The van der Waals surface area contributed by atoms with Crippen molar-refractivity contribution in [2.45, 2.75) is 30.6 Å². The number of nitrogens with zero attached hydrogens (tertiary/aromatic N) is 4.